The Balaban J connectivity index is 1.37. The standard InChI is InChI=1S/C28H34N6O3/c1-19-15-21(29-9-10-34-11-13-37-14-12-34)17-24-26(19)33-27(32-24)25-23(7-8-30-28(25)36)31-22(18-35)16-20-5-3-2-4-6-20/h2-8,15,17,22,29,35H,9-14,16,18H2,1H3,(H,32,33)(H2,30,31,36)/t22-/m0/s1. The van der Waals surface area contributed by atoms with Gasteiger partial charge >= 0.3 is 0 Å². The number of H-pyrrole nitrogens is 2. The average molecular weight is 503 g/mol. The van der Waals surface area contributed by atoms with Gasteiger partial charge in [0.2, 0.25) is 0 Å². The van der Waals surface area contributed by atoms with Crippen molar-refractivity contribution >= 4 is 22.4 Å². The van der Waals surface area contributed by atoms with E-state index < -0.39 is 0 Å². The van der Waals surface area contributed by atoms with Gasteiger partial charge in [-0.05, 0) is 42.7 Å². The molecule has 0 amide bonds. The quantitative estimate of drug-likeness (QED) is 0.226. The summed E-state index contributed by atoms with van der Waals surface area (Å²) >= 11 is 0. The molecule has 1 aliphatic rings. The largest absolute Gasteiger partial charge is 0.394 e. The molecule has 9 heteroatoms. The molecule has 1 fully saturated rings. The van der Waals surface area contributed by atoms with Crippen molar-refractivity contribution in [2.24, 2.45) is 0 Å². The summed E-state index contributed by atoms with van der Waals surface area (Å²) in [7, 11) is 0. The van der Waals surface area contributed by atoms with Gasteiger partial charge < -0.3 is 30.4 Å². The van der Waals surface area contributed by atoms with Gasteiger partial charge in [0.25, 0.3) is 5.56 Å². The van der Waals surface area contributed by atoms with Crippen LogP contribution in [0.3, 0.4) is 0 Å². The molecule has 0 bridgehead atoms. The van der Waals surface area contributed by atoms with Gasteiger partial charge in [-0.15, -0.1) is 0 Å². The molecular formula is C28H34N6O3. The summed E-state index contributed by atoms with van der Waals surface area (Å²) in [5.41, 5.74) is 5.62. The number of ether oxygens (including phenoxy) is 1. The third kappa shape index (κ3) is 6.02. The summed E-state index contributed by atoms with van der Waals surface area (Å²) in [6.07, 6.45) is 2.23. The maximum Gasteiger partial charge on any atom is 0.261 e. The highest BCUT2D eigenvalue weighted by Crippen LogP contribution is 2.28. The van der Waals surface area contributed by atoms with Crippen LogP contribution in [0.2, 0.25) is 0 Å². The zero-order valence-electron chi connectivity index (χ0n) is 21.1. The fourth-order valence-corrected chi connectivity index (χ4v) is 4.81. The van der Waals surface area contributed by atoms with Crippen LogP contribution in [0.25, 0.3) is 22.4 Å². The number of hydrogen-bond acceptors (Lipinski definition) is 7. The van der Waals surface area contributed by atoms with Crippen LogP contribution in [0.5, 0.6) is 0 Å². The first-order valence-corrected chi connectivity index (χ1v) is 12.8. The van der Waals surface area contributed by atoms with Crippen LogP contribution in [-0.4, -0.2) is 77.0 Å². The molecule has 0 radical (unpaired) electrons. The van der Waals surface area contributed by atoms with E-state index in [0.29, 0.717) is 23.5 Å². The van der Waals surface area contributed by atoms with Gasteiger partial charge in [-0.1, -0.05) is 30.3 Å². The van der Waals surface area contributed by atoms with E-state index in [1.807, 2.05) is 49.4 Å². The number of fused-ring (bicyclic) bond motifs is 1. The first-order chi connectivity index (χ1) is 18.1. The smallest absolute Gasteiger partial charge is 0.261 e. The molecule has 2 aromatic carbocycles. The molecule has 1 saturated heterocycles. The predicted molar refractivity (Wildman–Crippen MR) is 147 cm³/mol. The van der Waals surface area contributed by atoms with E-state index in [0.717, 1.165) is 67.2 Å². The number of aromatic amines is 2. The van der Waals surface area contributed by atoms with E-state index in [4.69, 9.17) is 9.72 Å². The molecule has 5 N–H and O–H groups in total. The number of aliphatic hydroxyl groups is 1. The number of aryl methyl sites for hydroxylation is 1. The molecule has 0 spiro atoms. The number of hydrogen-bond donors (Lipinski definition) is 5. The minimum atomic E-state index is -0.253. The molecule has 9 nitrogen and oxygen atoms in total. The summed E-state index contributed by atoms with van der Waals surface area (Å²) in [6, 6.07) is 15.6. The molecule has 37 heavy (non-hydrogen) atoms. The third-order valence-corrected chi connectivity index (χ3v) is 6.74. The van der Waals surface area contributed by atoms with Crippen molar-refractivity contribution in [3.8, 4) is 11.4 Å². The van der Waals surface area contributed by atoms with Crippen LogP contribution in [0.4, 0.5) is 11.4 Å². The maximum absolute atomic E-state index is 12.9. The van der Waals surface area contributed by atoms with Crippen LogP contribution in [-0.2, 0) is 11.2 Å². The van der Waals surface area contributed by atoms with E-state index in [2.05, 4.69) is 31.6 Å². The Morgan fingerprint density at radius 1 is 1.16 bits per heavy atom. The Bertz CT molecular complexity index is 1380. The number of rotatable bonds is 10. The lowest BCUT2D eigenvalue weighted by Gasteiger charge is -2.26. The summed E-state index contributed by atoms with van der Waals surface area (Å²) < 4.78 is 5.42. The summed E-state index contributed by atoms with van der Waals surface area (Å²) in [6.45, 7) is 7.27. The van der Waals surface area contributed by atoms with Crippen LogP contribution in [0.1, 0.15) is 11.1 Å². The second kappa shape index (κ2) is 11.6. The first kappa shape index (κ1) is 25.0. The van der Waals surface area contributed by atoms with Crippen molar-refractivity contribution in [2.75, 3.05) is 56.6 Å². The molecule has 1 atom stereocenters. The van der Waals surface area contributed by atoms with Crippen molar-refractivity contribution in [1.29, 1.82) is 0 Å². The molecule has 194 valence electrons. The molecule has 4 aromatic rings. The lowest BCUT2D eigenvalue weighted by Crippen LogP contribution is -2.39. The second-order valence-corrected chi connectivity index (χ2v) is 9.46. The third-order valence-electron chi connectivity index (χ3n) is 6.74. The van der Waals surface area contributed by atoms with Crippen molar-refractivity contribution in [3.05, 3.63) is 76.2 Å². The highest BCUT2D eigenvalue weighted by molar-refractivity contribution is 5.87. The van der Waals surface area contributed by atoms with Gasteiger partial charge in [-0.3, -0.25) is 9.69 Å². The lowest BCUT2D eigenvalue weighted by molar-refractivity contribution is 0.0398. The predicted octanol–water partition coefficient (Wildman–Crippen LogP) is 2.99. The number of anilines is 2. The molecule has 0 unspecified atom stereocenters. The SMILES string of the molecule is Cc1cc(NCCN2CCOCC2)cc2[nH]c(-c3c(N[C@H](CO)Cc4ccccc4)cc[nH]c3=O)nc12. The van der Waals surface area contributed by atoms with Gasteiger partial charge in [-0.2, -0.15) is 0 Å². The van der Waals surface area contributed by atoms with E-state index >= 15 is 0 Å². The number of imidazole rings is 1. The molecule has 5 rings (SSSR count). The van der Waals surface area contributed by atoms with E-state index in [-0.39, 0.29) is 18.2 Å². The number of aromatic nitrogens is 3. The van der Waals surface area contributed by atoms with Crippen LogP contribution in [0, 0.1) is 6.92 Å². The second-order valence-electron chi connectivity index (χ2n) is 9.46. The van der Waals surface area contributed by atoms with E-state index in [1.165, 1.54) is 0 Å². The highest BCUT2D eigenvalue weighted by Gasteiger charge is 2.18. The van der Waals surface area contributed by atoms with Crippen molar-refractivity contribution < 1.29 is 9.84 Å². The normalized spacial score (nSPS) is 15.1. The molecule has 0 aliphatic carbocycles. The molecule has 0 saturated carbocycles. The Morgan fingerprint density at radius 3 is 2.76 bits per heavy atom. The zero-order chi connectivity index (χ0) is 25.6. The van der Waals surface area contributed by atoms with Crippen LogP contribution in [0.15, 0.2) is 59.5 Å². The van der Waals surface area contributed by atoms with Gasteiger partial charge in [-0.25, -0.2) is 4.98 Å². The first-order valence-electron chi connectivity index (χ1n) is 12.8. The van der Waals surface area contributed by atoms with Gasteiger partial charge in [0.1, 0.15) is 11.4 Å². The van der Waals surface area contributed by atoms with Crippen molar-refractivity contribution in [2.45, 2.75) is 19.4 Å². The number of morpholine rings is 1. The lowest BCUT2D eigenvalue weighted by atomic mass is 10.1. The number of pyridine rings is 1. The number of benzene rings is 2. The molecule has 2 aromatic heterocycles. The maximum atomic E-state index is 12.9. The number of aliphatic hydroxyl groups excluding tert-OH is 1. The van der Waals surface area contributed by atoms with Gasteiger partial charge in [0, 0.05) is 38.1 Å². The highest BCUT2D eigenvalue weighted by atomic mass is 16.5. The monoisotopic (exact) mass is 502 g/mol. The summed E-state index contributed by atoms with van der Waals surface area (Å²) in [5, 5.41) is 16.9. The van der Waals surface area contributed by atoms with Gasteiger partial charge in [0.05, 0.1) is 42.6 Å². The van der Waals surface area contributed by atoms with Crippen molar-refractivity contribution in [3.63, 3.8) is 0 Å². The fourth-order valence-electron chi connectivity index (χ4n) is 4.81. The summed E-state index contributed by atoms with van der Waals surface area (Å²) in [5.74, 6) is 0.490. The fraction of sp³-hybridized carbons (Fsp3) is 0.357. The Kier molecular flexibility index (Phi) is 7.84. The van der Waals surface area contributed by atoms with E-state index in [9.17, 15) is 9.90 Å². The van der Waals surface area contributed by atoms with Crippen LogP contribution >= 0.6 is 0 Å². The average Bonchev–Trinajstić information content (AvgIpc) is 3.34. The Morgan fingerprint density at radius 2 is 1.97 bits per heavy atom. The van der Waals surface area contributed by atoms with E-state index in [1.54, 1.807) is 6.20 Å². The minimum Gasteiger partial charge on any atom is -0.394 e. The number of nitrogens with zero attached hydrogens (tertiary/aromatic N) is 2. The van der Waals surface area contributed by atoms with Crippen LogP contribution < -0.4 is 16.2 Å². The van der Waals surface area contributed by atoms with Gasteiger partial charge in [0.15, 0.2) is 0 Å². The number of nitrogens with one attached hydrogen (secondary N) is 4. The topological polar surface area (TPSA) is 118 Å². The molecule has 3 heterocycles. The Hall–Kier alpha value is -3.66. The zero-order valence-corrected chi connectivity index (χ0v) is 21.1. The summed E-state index contributed by atoms with van der Waals surface area (Å²) in [4.78, 5) is 26.2. The molecule has 1 aliphatic heterocycles. The van der Waals surface area contributed by atoms with Crippen molar-refractivity contribution in [1.82, 2.24) is 19.9 Å². The Labute approximate surface area is 215 Å². The molecular weight excluding hydrogens is 468 g/mol. The minimum absolute atomic E-state index is 0.0696.